The van der Waals surface area contributed by atoms with Crippen LogP contribution in [0.3, 0.4) is 0 Å². The number of hydrogen-bond donors (Lipinski definition) is 3. The summed E-state index contributed by atoms with van der Waals surface area (Å²) < 4.78 is 1.98. The minimum Gasteiger partial charge on any atom is -0.356 e. The SMILES string of the molecule is CC(C)C(=O)NCCCc1cc(-c2n[nH][nH]2)ccc1-c1ccc(-n2ccnc2)cc1. The van der Waals surface area contributed by atoms with Crippen LogP contribution in [0, 0.1) is 5.92 Å². The molecule has 154 valence electrons. The highest BCUT2D eigenvalue weighted by molar-refractivity contribution is 5.77. The Kier molecular flexibility index (Phi) is 5.79. The first kappa shape index (κ1) is 19.7. The summed E-state index contributed by atoms with van der Waals surface area (Å²) >= 11 is 0. The molecule has 0 radical (unpaired) electrons. The van der Waals surface area contributed by atoms with Gasteiger partial charge in [0.05, 0.1) is 6.33 Å². The smallest absolute Gasteiger partial charge is 0.222 e. The molecule has 3 N–H and O–H groups in total. The molecule has 0 aliphatic heterocycles. The molecular weight excluding hydrogens is 376 g/mol. The standard InChI is InChI=1S/C23H26N6O/c1-16(2)23(30)25-11-3-4-18-14-19(22-26-28-27-22)7-10-21(18)17-5-8-20(9-6-17)29-13-12-24-15-29/h5-10,12-16,28H,3-4,11H2,1-2H3,(H,25,30)(H,26,27). The van der Waals surface area contributed by atoms with Crippen LogP contribution in [0.1, 0.15) is 25.8 Å². The van der Waals surface area contributed by atoms with E-state index in [9.17, 15) is 4.79 Å². The van der Waals surface area contributed by atoms with Crippen molar-refractivity contribution in [2.45, 2.75) is 26.7 Å². The Bertz CT molecular complexity index is 1080. The largest absolute Gasteiger partial charge is 0.356 e. The fourth-order valence-electron chi connectivity index (χ4n) is 3.40. The molecule has 4 rings (SSSR count). The maximum Gasteiger partial charge on any atom is 0.222 e. The van der Waals surface area contributed by atoms with E-state index in [2.05, 4.69) is 68.2 Å². The molecular formula is C23H26N6O. The van der Waals surface area contributed by atoms with Gasteiger partial charge in [0.2, 0.25) is 5.91 Å². The second kappa shape index (κ2) is 8.82. The first-order valence-electron chi connectivity index (χ1n) is 10.2. The summed E-state index contributed by atoms with van der Waals surface area (Å²) in [5.41, 5.74) is 5.71. The summed E-state index contributed by atoms with van der Waals surface area (Å²) in [6.07, 6.45) is 7.24. The molecule has 0 saturated carbocycles. The van der Waals surface area contributed by atoms with Crippen LogP contribution in [0.15, 0.2) is 61.2 Å². The molecule has 0 saturated heterocycles. The van der Waals surface area contributed by atoms with Crippen LogP contribution in [0.25, 0.3) is 28.2 Å². The third kappa shape index (κ3) is 4.35. The number of H-pyrrole nitrogens is 2. The number of carbonyl (C=O) groups excluding carboxylic acids is 1. The Hall–Kier alpha value is -3.61. The van der Waals surface area contributed by atoms with E-state index in [0.29, 0.717) is 6.54 Å². The van der Waals surface area contributed by atoms with Crippen LogP contribution in [-0.2, 0) is 11.2 Å². The third-order valence-corrected chi connectivity index (χ3v) is 5.15. The maximum atomic E-state index is 11.8. The van der Waals surface area contributed by atoms with Crippen LogP contribution in [-0.4, -0.2) is 37.4 Å². The summed E-state index contributed by atoms with van der Waals surface area (Å²) in [7, 11) is 0. The van der Waals surface area contributed by atoms with Crippen molar-refractivity contribution in [3.05, 3.63) is 66.7 Å². The lowest BCUT2D eigenvalue weighted by Crippen LogP contribution is -2.28. The first-order valence-corrected chi connectivity index (χ1v) is 10.2. The van der Waals surface area contributed by atoms with Crippen molar-refractivity contribution in [1.82, 2.24) is 30.3 Å². The van der Waals surface area contributed by atoms with E-state index in [0.717, 1.165) is 35.5 Å². The van der Waals surface area contributed by atoms with Crippen LogP contribution in [0.2, 0.25) is 0 Å². The predicted octanol–water partition coefficient (Wildman–Crippen LogP) is 3.96. The normalized spacial score (nSPS) is 11.2. The molecule has 0 spiro atoms. The second-order valence-electron chi connectivity index (χ2n) is 7.64. The topological polar surface area (TPSA) is 91.4 Å². The molecule has 30 heavy (non-hydrogen) atoms. The summed E-state index contributed by atoms with van der Waals surface area (Å²) in [6, 6.07) is 14.9. The molecule has 0 aliphatic carbocycles. The van der Waals surface area contributed by atoms with Crippen molar-refractivity contribution >= 4 is 5.91 Å². The van der Waals surface area contributed by atoms with Crippen LogP contribution < -0.4 is 5.32 Å². The van der Waals surface area contributed by atoms with Gasteiger partial charge in [-0.3, -0.25) is 9.89 Å². The van der Waals surface area contributed by atoms with Crippen molar-refractivity contribution in [3.8, 4) is 28.2 Å². The molecule has 0 atom stereocenters. The summed E-state index contributed by atoms with van der Waals surface area (Å²) in [5.74, 6) is 0.942. The van der Waals surface area contributed by atoms with Crippen molar-refractivity contribution in [1.29, 1.82) is 0 Å². The average molecular weight is 403 g/mol. The number of nitrogens with one attached hydrogen (secondary N) is 3. The quantitative estimate of drug-likeness (QED) is 0.390. The van der Waals surface area contributed by atoms with Crippen molar-refractivity contribution in [2.24, 2.45) is 5.92 Å². The van der Waals surface area contributed by atoms with Crippen molar-refractivity contribution < 1.29 is 4.79 Å². The molecule has 2 heterocycles. The zero-order valence-electron chi connectivity index (χ0n) is 17.2. The van der Waals surface area contributed by atoms with Gasteiger partial charge < -0.3 is 9.88 Å². The Labute approximate surface area is 175 Å². The number of benzene rings is 2. The van der Waals surface area contributed by atoms with Gasteiger partial charge in [0.15, 0.2) is 5.82 Å². The average Bonchev–Trinajstić information content (AvgIpc) is 3.25. The van der Waals surface area contributed by atoms with Crippen molar-refractivity contribution in [2.75, 3.05) is 6.54 Å². The first-order chi connectivity index (χ1) is 14.6. The number of aromatic nitrogens is 5. The minimum absolute atomic E-state index is 0.00750. The summed E-state index contributed by atoms with van der Waals surface area (Å²) in [4.78, 5) is 15.9. The number of imidazole rings is 1. The molecule has 7 nitrogen and oxygen atoms in total. The van der Waals surface area contributed by atoms with Crippen molar-refractivity contribution in [3.63, 3.8) is 0 Å². The summed E-state index contributed by atoms with van der Waals surface area (Å²) in [5, 5.41) is 12.9. The molecule has 2 aromatic heterocycles. The number of hydrogen-bond acceptors (Lipinski definition) is 3. The maximum absolute atomic E-state index is 11.8. The predicted molar refractivity (Wildman–Crippen MR) is 117 cm³/mol. The van der Waals surface area contributed by atoms with E-state index in [1.54, 1.807) is 12.5 Å². The number of carbonyl (C=O) groups is 1. The molecule has 1 amide bonds. The lowest BCUT2D eigenvalue weighted by Gasteiger charge is -2.14. The number of amides is 1. The molecule has 0 fully saturated rings. The highest BCUT2D eigenvalue weighted by Gasteiger charge is 2.11. The van der Waals surface area contributed by atoms with Gasteiger partial charge in [0.1, 0.15) is 0 Å². The van der Waals surface area contributed by atoms with Gasteiger partial charge in [0, 0.05) is 36.1 Å². The van der Waals surface area contributed by atoms with Gasteiger partial charge in [0.25, 0.3) is 0 Å². The monoisotopic (exact) mass is 402 g/mol. The molecule has 2 aromatic carbocycles. The number of aromatic amines is 2. The Morgan fingerprint density at radius 1 is 1.13 bits per heavy atom. The van der Waals surface area contributed by atoms with Gasteiger partial charge in [-0.15, -0.1) is 5.10 Å². The number of nitrogens with zero attached hydrogens (tertiary/aromatic N) is 3. The summed E-state index contributed by atoms with van der Waals surface area (Å²) in [6.45, 7) is 4.48. The van der Waals surface area contributed by atoms with Crippen LogP contribution in [0.4, 0.5) is 0 Å². The Morgan fingerprint density at radius 3 is 2.53 bits per heavy atom. The Morgan fingerprint density at radius 2 is 1.90 bits per heavy atom. The van der Waals surface area contributed by atoms with E-state index < -0.39 is 0 Å². The molecule has 0 aliphatic rings. The highest BCUT2D eigenvalue weighted by atomic mass is 16.1. The van der Waals surface area contributed by atoms with Crippen LogP contribution in [0.5, 0.6) is 0 Å². The zero-order chi connectivity index (χ0) is 20.9. The van der Waals surface area contributed by atoms with Gasteiger partial charge in [-0.2, -0.15) is 0 Å². The number of rotatable bonds is 8. The highest BCUT2D eigenvalue weighted by Crippen LogP contribution is 2.29. The zero-order valence-corrected chi connectivity index (χ0v) is 17.2. The third-order valence-electron chi connectivity index (χ3n) is 5.15. The van der Waals surface area contributed by atoms with Gasteiger partial charge in [-0.25, -0.2) is 10.2 Å². The van der Waals surface area contributed by atoms with Gasteiger partial charge >= 0.3 is 0 Å². The molecule has 0 bridgehead atoms. The minimum atomic E-state index is 0.00750. The lowest BCUT2D eigenvalue weighted by atomic mass is 9.94. The molecule has 7 heteroatoms. The number of aryl methyl sites for hydroxylation is 1. The van der Waals surface area contributed by atoms with E-state index in [1.165, 1.54) is 11.1 Å². The van der Waals surface area contributed by atoms with E-state index in [4.69, 9.17) is 0 Å². The molecule has 0 unspecified atom stereocenters. The van der Waals surface area contributed by atoms with E-state index in [-0.39, 0.29) is 11.8 Å². The van der Waals surface area contributed by atoms with Crippen LogP contribution >= 0.6 is 0 Å². The van der Waals surface area contributed by atoms with E-state index >= 15 is 0 Å². The van der Waals surface area contributed by atoms with E-state index in [1.807, 2.05) is 24.6 Å². The fourth-order valence-corrected chi connectivity index (χ4v) is 3.40. The molecule has 4 aromatic rings. The van der Waals surface area contributed by atoms with Gasteiger partial charge in [-0.05, 0) is 47.7 Å². The fraction of sp³-hybridized carbons (Fsp3) is 0.261. The second-order valence-corrected chi connectivity index (χ2v) is 7.64. The lowest BCUT2D eigenvalue weighted by molar-refractivity contribution is -0.123. The Balaban J connectivity index is 1.55. The van der Waals surface area contributed by atoms with Gasteiger partial charge in [-0.1, -0.05) is 38.1 Å².